The summed E-state index contributed by atoms with van der Waals surface area (Å²) in [6, 6.07) is 0.510. The van der Waals surface area contributed by atoms with Gasteiger partial charge < -0.3 is 10.0 Å². The van der Waals surface area contributed by atoms with Gasteiger partial charge in [-0.05, 0) is 38.0 Å². The number of hydrogen-bond acceptors (Lipinski definition) is 4. The Balaban J connectivity index is 2.09. The van der Waals surface area contributed by atoms with Gasteiger partial charge in [0, 0.05) is 13.1 Å². The number of aromatic carboxylic acids is 1. The number of anilines is 1. The highest BCUT2D eigenvalue weighted by atomic mass is 32.1. The molecule has 1 heterocycles. The summed E-state index contributed by atoms with van der Waals surface area (Å²) in [5.74, 6) is 0.0189. The van der Waals surface area contributed by atoms with Gasteiger partial charge in [0.1, 0.15) is 4.88 Å². The van der Waals surface area contributed by atoms with E-state index in [1.165, 1.54) is 43.4 Å². The third-order valence-electron chi connectivity index (χ3n) is 4.46. The number of hydrogen-bond donors (Lipinski definition) is 1. The average molecular weight is 296 g/mol. The minimum Gasteiger partial charge on any atom is -0.477 e. The fraction of sp³-hybridized carbons (Fsp3) is 0.733. The molecule has 0 amide bonds. The van der Waals surface area contributed by atoms with Gasteiger partial charge in [0.25, 0.3) is 0 Å². The first kappa shape index (κ1) is 15.3. The van der Waals surface area contributed by atoms with E-state index in [9.17, 15) is 9.90 Å². The SMILES string of the molecule is CCc1nc(N(C)C2CCC(CC)CC2)sc1C(=O)O. The summed E-state index contributed by atoms with van der Waals surface area (Å²) < 4.78 is 0. The fourth-order valence-corrected chi connectivity index (χ4v) is 4.02. The van der Waals surface area contributed by atoms with Crippen LogP contribution in [0.3, 0.4) is 0 Å². The van der Waals surface area contributed by atoms with Crippen LogP contribution in [0.25, 0.3) is 0 Å². The Bertz CT molecular complexity index is 464. The molecular weight excluding hydrogens is 272 g/mol. The average Bonchev–Trinajstić information content (AvgIpc) is 2.91. The summed E-state index contributed by atoms with van der Waals surface area (Å²) in [5.41, 5.74) is 0.714. The van der Waals surface area contributed by atoms with E-state index in [0.717, 1.165) is 11.0 Å². The van der Waals surface area contributed by atoms with E-state index < -0.39 is 5.97 Å². The Morgan fingerprint density at radius 1 is 1.35 bits per heavy atom. The Hall–Kier alpha value is -1.10. The number of aromatic nitrogens is 1. The molecule has 20 heavy (non-hydrogen) atoms. The Kier molecular flexibility index (Phi) is 5.02. The van der Waals surface area contributed by atoms with Gasteiger partial charge in [0.05, 0.1) is 5.69 Å². The van der Waals surface area contributed by atoms with Crippen LogP contribution in [0.5, 0.6) is 0 Å². The number of carboxylic acids is 1. The van der Waals surface area contributed by atoms with Crippen molar-refractivity contribution < 1.29 is 9.90 Å². The molecule has 0 bridgehead atoms. The van der Waals surface area contributed by atoms with E-state index in [-0.39, 0.29) is 0 Å². The third-order valence-corrected chi connectivity index (χ3v) is 5.63. The normalized spacial score (nSPS) is 22.8. The quantitative estimate of drug-likeness (QED) is 0.897. The summed E-state index contributed by atoms with van der Waals surface area (Å²) in [4.78, 5) is 18.4. The second-order valence-electron chi connectivity index (χ2n) is 5.62. The zero-order valence-electron chi connectivity index (χ0n) is 12.6. The summed E-state index contributed by atoms with van der Waals surface area (Å²) in [7, 11) is 2.06. The third kappa shape index (κ3) is 3.14. The topological polar surface area (TPSA) is 53.4 Å². The van der Waals surface area contributed by atoms with Crippen molar-refractivity contribution in [3.05, 3.63) is 10.6 Å². The van der Waals surface area contributed by atoms with E-state index in [1.54, 1.807) is 0 Å². The number of thiazole rings is 1. The van der Waals surface area contributed by atoms with E-state index in [1.807, 2.05) is 6.92 Å². The van der Waals surface area contributed by atoms with E-state index in [4.69, 9.17) is 0 Å². The lowest BCUT2D eigenvalue weighted by atomic mass is 9.84. The van der Waals surface area contributed by atoms with E-state index in [2.05, 4.69) is 23.9 Å². The van der Waals surface area contributed by atoms with E-state index in [0.29, 0.717) is 23.0 Å². The van der Waals surface area contributed by atoms with Gasteiger partial charge in [-0.3, -0.25) is 0 Å². The molecule has 0 saturated heterocycles. The molecule has 1 aromatic rings. The second kappa shape index (κ2) is 6.57. The molecule has 4 nitrogen and oxygen atoms in total. The molecule has 0 unspecified atom stereocenters. The molecule has 1 aliphatic rings. The van der Waals surface area contributed by atoms with Gasteiger partial charge in [-0.15, -0.1) is 0 Å². The van der Waals surface area contributed by atoms with Crippen molar-refractivity contribution in [2.24, 2.45) is 5.92 Å². The first-order valence-electron chi connectivity index (χ1n) is 7.52. The largest absolute Gasteiger partial charge is 0.477 e. The van der Waals surface area contributed by atoms with Gasteiger partial charge in [0.2, 0.25) is 0 Å². The Labute approximate surface area is 124 Å². The van der Waals surface area contributed by atoms with Crippen LogP contribution >= 0.6 is 11.3 Å². The molecule has 0 spiro atoms. The van der Waals surface area contributed by atoms with Gasteiger partial charge in [-0.25, -0.2) is 9.78 Å². The summed E-state index contributed by atoms with van der Waals surface area (Å²) in [6.45, 7) is 4.22. The smallest absolute Gasteiger partial charge is 0.347 e. The maximum absolute atomic E-state index is 11.2. The van der Waals surface area contributed by atoms with Gasteiger partial charge in [-0.1, -0.05) is 31.6 Å². The first-order valence-corrected chi connectivity index (χ1v) is 8.34. The molecule has 1 saturated carbocycles. The zero-order valence-corrected chi connectivity index (χ0v) is 13.4. The monoisotopic (exact) mass is 296 g/mol. The lowest BCUT2D eigenvalue weighted by Crippen LogP contribution is -2.35. The highest BCUT2D eigenvalue weighted by Crippen LogP contribution is 2.34. The van der Waals surface area contributed by atoms with Gasteiger partial charge in [0.15, 0.2) is 5.13 Å². The van der Waals surface area contributed by atoms with Crippen LogP contribution in [-0.2, 0) is 6.42 Å². The minimum atomic E-state index is -0.853. The maximum atomic E-state index is 11.2. The molecule has 1 N–H and O–H groups in total. The predicted molar refractivity (Wildman–Crippen MR) is 82.9 cm³/mol. The zero-order chi connectivity index (χ0) is 14.7. The van der Waals surface area contributed by atoms with Crippen LogP contribution in [0, 0.1) is 5.92 Å². The number of rotatable bonds is 5. The number of carbonyl (C=O) groups is 1. The van der Waals surface area contributed by atoms with Crippen LogP contribution in [0.2, 0.25) is 0 Å². The number of aryl methyl sites for hydroxylation is 1. The molecule has 0 atom stereocenters. The molecule has 112 valence electrons. The number of nitrogens with zero attached hydrogens (tertiary/aromatic N) is 2. The molecule has 0 radical (unpaired) electrons. The molecular formula is C15H24N2O2S. The van der Waals surface area contributed by atoms with E-state index >= 15 is 0 Å². The first-order chi connectivity index (χ1) is 9.56. The molecule has 1 fully saturated rings. The van der Waals surface area contributed by atoms with Crippen molar-refractivity contribution in [2.75, 3.05) is 11.9 Å². The minimum absolute atomic E-state index is 0.400. The Morgan fingerprint density at radius 2 is 2.00 bits per heavy atom. The highest BCUT2D eigenvalue weighted by Gasteiger charge is 2.26. The van der Waals surface area contributed by atoms with Crippen molar-refractivity contribution in [2.45, 2.75) is 58.4 Å². The van der Waals surface area contributed by atoms with Crippen LogP contribution in [-0.4, -0.2) is 29.1 Å². The molecule has 0 aromatic carbocycles. The van der Waals surface area contributed by atoms with Crippen molar-refractivity contribution in [3.8, 4) is 0 Å². The predicted octanol–water partition coefficient (Wildman–Crippen LogP) is 3.81. The van der Waals surface area contributed by atoms with Crippen molar-refractivity contribution in [1.82, 2.24) is 4.98 Å². The van der Waals surface area contributed by atoms with Crippen LogP contribution < -0.4 is 4.90 Å². The maximum Gasteiger partial charge on any atom is 0.347 e. The van der Waals surface area contributed by atoms with Crippen LogP contribution in [0.1, 0.15) is 61.3 Å². The van der Waals surface area contributed by atoms with Crippen molar-refractivity contribution >= 4 is 22.4 Å². The van der Waals surface area contributed by atoms with Crippen LogP contribution in [0.4, 0.5) is 5.13 Å². The highest BCUT2D eigenvalue weighted by molar-refractivity contribution is 7.17. The summed E-state index contributed by atoms with van der Waals surface area (Å²) >= 11 is 1.32. The summed E-state index contributed by atoms with van der Waals surface area (Å²) in [5, 5.41) is 10.1. The summed E-state index contributed by atoms with van der Waals surface area (Å²) in [6.07, 6.45) is 6.90. The second-order valence-corrected chi connectivity index (χ2v) is 6.60. The lowest BCUT2D eigenvalue weighted by Gasteiger charge is -2.34. The van der Waals surface area contributed by atoms with Gasteiger partial charge >= 0.3 is 5.97 Å². The van der Waals surface area contributed by atoms with Crippen molar-refractivity contribution in [1.29, 1.82) is 0 Å². The molecule has 5 heteroatoms. The molecule has 1 aromatic heterocycles. The fourth-order valence-electron chi connectivity index (χ4n) is 2.99. The Morgan fingerprint density at radius 3 is 2.45 bits per heavy atom. The van der Waals surface area contributed by atoms with Crippen molar-refractivity contribution in [3.63, 3.8) is 0 Å². The standard InChI is InChI=1S/C15H24N2O2S/c1-4-10-6-8-11(9-7-10)17(3)15-16-12(5-2)13(20-15)14(18)19/h10-11H,4-9H2,1-3H3,(H,18,19). The lowest BCUT2D eigenvalue weighted by molar-refractivity contribution is 0.0701. The van der Waals surface area contributed by atoms with Gasteiger partial charge in [-0.2, -0.15) is 0 Å². The number of carboxylic acid groups (broad SMARTS) is 1. The van der Waals surface area contributed by atoms with Crippen LogP contribution in [0.15, 0.2) is 0 Å². The molecule has 0 aliphatic heterocycles. The molecule has 1 aliphatic carbocycles. The molecule has 2 rings (SSSR count).